The highest BCUT2D eigenvalue weighted by molar-refractivity contribution is 8.93. The molecule has 21 heavy (non-hydrogen) atoms. The van der Waals surface area contributed by atoms with Crippen LogP contribution in [0, 0.1) is 5.41 Å². The number of ether oxygens (including phenoxy) is 1. The summed E-state index contributed by atoms with van der Waals surface area (Å²) in [6.45, 7) is 0.216. The van der Waals surface area contributed by atoms with Gasteiger partial charge in [0.25, 0.3) is 0 Å². The maximum Gasteiger partial charge on any atom is 0.346 e. The highest BCUT2D eigenvalue weighted by Gasteiger charge is 2.13. The van der Waals surface area contributed by atoms with Gasteiger partial charge in [-0.1, -0.05) is 29.4 Å². The molecule has 1 aromatic carbocycles. The van der Waals surface area contributed by atoms with Crippen molar-refractivity contribution >= 4 is 62.0 Å². The second-order valence-corrected chi connectivity index (χ2v) is 5.37. The van der Waals surface area contributed by atoms with Gasteiger partial charge in [-0.3, -0.25) is 5.41 Å². The minimum absolute atomic E-state index is 0. The topological polar surface area (TPSA) is 115 Å². The first-order chi connectivity index (χ1) is 9.49. The van der Waals surface area contributed by atoms with E-state index < -0.39 is 5.63 Å². The molecule has 114 valence electrons. The van der Waals surface area contributed by atoms with E-state index in [4.69, 9.17) is 37.6 Å². The van der Waals surface area contributed by atoms with E-state index in [-0.39, 0.29) is 39.7 Å². The molecule has 0 fully saturated rings. The largest absolute Gasteiger partial charge is 0.463 e. The van der Waals surface area contributed by atoms with Crippen LogP contribution in [0.25, 0.3) is 10.8 Å². The Bertz CT molecular complexity index is 723. The van der Waals surface area contributed by atoms with Gasteiger partial charge in [0.1, 0.15) is 11.6 Å². The number of benzene rings is 1. The van der Waals surface area contributed by atoms with Crippen LogP contribution in [-0.2, 0) is 0 Å². The predicted octanol–water partition coefficient (Wildman–Crippen LogP) is 2.61. The minimum Gasteiger partial charge on any atom is -0.463 e. The van der Waals surface area contributed by atoms with Crippen LogP contribution in [-0.4, -0.2) is 17.5 Å². The molecule has 0 unspecified atom stereocenters. The predicted molar refractivity (Wildman–Crippen MR) is 92.1 cm³/mol. The Morgan fingerprint density at radius 2 is 2.14 bits per heavy atom. The summed E-state index contributed by atoms with van der Waals surface area (Å²) in [6, 6.07) is 4.78. The van der Waals surface area contributed by atoms with Crippen molar-refractivity contribution in [1.29, 1.82) is 5.41 Å². The van der Waals surface area contributed by atoms with E-state index in [1.165, 1.54) is 6.07 Å². The number of fused-ring (bicyclic) bond motifs is 1. The molecule has 0 spiro atoms. The van der Waals surface area contributed by atoms with Gasteiger partial charge in [0.15, 0.2) is 5.17 Å². The summed E-state index contributed by atoms with van der Waals surface area (Å²) in [5.41, 5.74) is 10.7. The van der Waals surface area contributed by atoms with Crippen molar-refractivity contribution in [3.63, 3.8) is 0 Å². The molecule has 0 bridgehead atoms. The van der Waals surface area contributed by atoms with Crippen LogP contribution in [0.1, 0.15) is 0 Å². The number of nitrogens with two attached hydrogens (primary N) is 2. The summed E-state index contributed by atoms with van der Waals surface area (Å²) in [4.78, 5) is 11.8. The van der Waals surface area contributed by atoms with Gasteiger partial charge in [0.2, 0.25) is 0 Å². The summed E-state index contributed by atoms with van der Waals surface area (Å²) in [6.07, 6.45) is 0. The van der Waals surface area contributed by atoms with Gasteiger partial charge in [0.05, 0.1) is 5.39 Å². The van der Waals surface area contributed by atoms with E-state index >= 15 is 0 Å². The van der Waals surface area contributed by atoms with Gasteiger partial charge < -0.3 is 20.6 Å². The smallest absolute Gasteiger partial charge is 0.346 e. The average molecular weight is 395 g/mol. The lowest BCUT2D eigenvalue weighted by atomic mass is 10.1. The van der Waals surface area contributed by atoms with Crippen LogP contribution in [0.4, 0.5) is 5.69 Å². The Labute approximate surface area is 140 Å². The number of nitrogens with one attached hydrogen (secondary N) is 1. The summed E-state index contributed by atoms with van der Waals surface area (Å²) >= 11 is 7.26. The number of hydrogen-bond donors (Lipinski definition) is 3. The Morgan fingerprint density at radius 1 is 1.43 bits per heavy atom. The molecule has 0 aliphatic rings. The standard InChI is InChI=1S/C12H12ClN3O3S.BrH/c13-9-7-2-1-6(14)5-8(7)10(17)19-11(9)18-3-4-20-12(15)16;/h1-2,5H,3-4,14H2,(H3,15,16);1H. The second kappa shape index (κ2) is 7.58. The van der Waals surface area contributed by atoms with E-state index in [2.05, 4.69) is 0 Å². The Morgan fingerprint density at radius 3 is 2.81 bits per heavy atom. The quantitative estimate of drug-likeness (QED) is 0.318. The van der Waals surface area contributed by atoms with Crippen molar-refractivity contribution in [2.45, 2.75) is 0 Å². The third-order valence-corrected chi connectivity index (χ3v) is 3.48. The zero-order chi connectivity index (χ0) is 14.7. The fraction of sp³-hybridized carbons (Fsp3) is 0.167. The number of amidine groups is 1. The molecule has 0 saturated carbocycles. The Balaban J connectivity index is 0.00000220. The van der Waals surface area contributed by atoms with Gasteiger partial charge in [0, 0.05) is 16.8 Å². The average Bonchev–Trinajstić information content (AvgIpc) is 2.39. The first-order valence-corrected chi connectivity index (χ1v) is 6.97. The summed E-state index contributed by atoms with van der Waals surface area (Å²) < 4.78 is 10.3. The van der Waals surface area contributed by atoms with Gasteiger partial charge >= 0.3 is 11.6 Å². The van der Waals surface area contributed by atoms with E-state index in [9.17, 15) is 4.79 Å². The molecule has 5 N–H and O–H groups in total. The lowest BCUT2D eigenvalue weighted by Gasteiger charge is -2.08. The maximum atomic E-state index is 11.8. The van der Waals surface area contributed by atoms with Crippen molar-refractivity contribution in [2.75, 3.05) is 18.1 Å². The third kappa shape index (κ3) is 4.29. The van der Waals surface area contributed by atoms with Crippen LogP contribution < -0.4 is 21.8 Å². The van der Waals surface area contributed by atoms with Crippen LogP contribution in [0.5, 0.6) is 5.95 Å². The van der Waals surface area contributed by atoms with E-state index in [1.54, 1.807) is 12.1 Å². The van der Waals surface area contributed by atoms with E-state index in [0.29, 0.717) is 22.2 Å². The fourth-order valence-electron chi connectivity index (χ4n) is 1.59. The molecule has 0 atom stereocenters. The van der Waals surface area contributed by atoms with Gasteiger partial charge in [-0.25, -0.2) is 4.79 Å². The second-order valence-electron chi connectivity index (χ2n) is 3.86. The van der Waals surface area contributed by atoms with Crippen molar-refractivity contribution < 1.29 is 9.15 Å². The molecule has 9 heteroatoms. The van der Waals surface area contributed by atoms with Crippen molar-refractivity contribution in [1.82, 2.24) is 0 Å². The molecule has 1 aromatic heterocycles. The van der Waals surface area contributed by atoms with Gasteiger partial charge in [-0.05, 0) is 12.1 Å². The first kappa shape index (κ1) is 17.7. The molecule has 2 aromatic rings. The number of thioether (sulfide) groups is 1. The van der Waals surface area contributed by atoms with Crippen LogP contribution in [0.15, 0.2) is 27.4 Å². The Hall–Kier alpha value is -1.38. The molecule has 1 heterocycles. The zero-order valence-corrected chi connectivity index (χ0v) is 14.0. The third-order valence-electron chi connectivity index (χ3n) is 2.44. The molecule has 0 aliphatic carbocycles. The van der Waals surface area contributed by atoms with Crippen molar-refractivity contribution in [3.05, 3.63) is 33.6 Å². The number of hydrogen-bond acceptors (Lipinski definition) is 6. The lowest BCUT2D eigenvalue weighted by Crippen LogP contribution is -2.10. The van der Waals surface area contributed by atoms with Crippen LogP contribution in [0.3, 0.4) is 0 Å². The molecule has 0 saturated heterocycles. The van der Waals surface area contributed by atoms with Crippen LogP contribution in [0.2, 0.25) is 5.02 Å². The van der Waals surface area contributed by atoms with Gasteiger partial charge in [-0.15, -0.1) is 17.0 Å². The number of anilines is 1. The highest BCUT2D eigenvalue weighted by atomic mass is 79.9. The molecule has 0 radical (unpaired) electrons. The normalized spacial score (nSPS) is 10.1. The number of rotatable bonds is 4. The first-order valence-electron chi connectivity index (χ1n) is 5.60. The summed E-state index contributed by atoms with van der Waals surface area (Å²) in [5, 5.41) is 8.09. The summed E-state index contributed by atoms with van der Waals surface area (Å²) in [7, 11) is 0. The zero-order valence-electron chi connectivity index (χ0n) is 10.7. The maximum absolute atomic E-state index is 11.8. The van der Waals surface area contributed by atoms with E-state index in [0.717, 1.165) is 11.8 Å². The monoisotopic (exact) mass is 393 g/mol. The SMILES string of the molecule is Br.N=C(N)SCCOc1oc(=O)c2cc(N)ccc2c1Cl. The molecular weight excluding hydrogens is 382 g/mol. The fourth-order valence-corrected chi connectivity index (χ4v) is 2.24. The van der Waals surface area contributed by atoms with Crippen LogP contribution >= 0.6 is 40.3 Å². The van der Waals surface area contributed by atoms with Gasteiger partial charge in [-0.2, -0.15) is 0 Å². The van der Waals surface area contributed by atoms with Crippen molar-refractivity contribution in [3.8, 4) is 5.95 Å². The minimum atomic E-state index is -0.564. The highest BCUT2D eigenvalue weighted by Crippen LogP contribution is 2.31. The lowest BCUT2D eigenvalue weighted by molar-refractivity contribution is 0.248. The molecule has 0 aliphatic heterocycles. The molecule has 2 rings (SSSR count). The summed E-state index contributed by atoms with van der Waals surface area (Å²) in [5.74, 6) is 0.410. The van der Waals surface area contributed by atoms with Crippen molar-refractivity contribution in [2.24, 2.45) is 5.73 Å². The number of halogens is 2. The van der Waals surface area contributed by atoms with E-state index in [1.807, 2.05) is 0 Å². The Kier molecular flexibility index (Phi) is 6.38. The number of nitrogen functional groups attached to an aromatic ring is 1. The molecular formula is C12H13BrClN3O3S. The molecule has 0 amide bonds. The molecule has 6 nitrogen and oxygen atoms in total.